The highest BCUT2D eigenvalue weighted by molar-refractivity contribution is 8.00. The van der Waals surface area contributed by atoms with Gasteiger partial charge in [-0.25, -0.2) is 4.98 Å². The molecule has 2 amide bonds. The molecule has 0 spiro atoms. The number of fused-ring (bicyclic) bond motifs is 1. The third-order valence-electron chi connectivity index (χ3n) is 5.13. The van der Waals surface area contributed by atoms with Gasteiger partial charge in [0.25, 0.3) is 5.91 Å². The van der Waals surface area contributed by atoms with E-state index < -0.39 is 0 Å². The number of rotatable bonds is 7. The van der Waals surface area contributed by atoms with E-state index in [0.717, 1.165) is 29.3 Å². The molecule has 0 saturated heterocycles. The summed E-state index contributed by atoms with van der Waals surface area (Å²) in [6.45, 7) is 2.44. The number of aromatic nitrogens is 1. The van der Waals surface area contributed by atoms with Crippen molar-refractivity contribution in [2.75, 3.05) is 7.05 Å². The molecule has 1 fully saturated rings. The molecule has 4 rings (SSSR count). The second-order valence-corrected chi connectivity index (χ2v) is 9.07. The molecule has 1 heterocycles. The summed E-state index contributed by atoms with van der Waals surface area (Å²) in [5.74, 6) is -0.0408. The summed E-state index contributed by atoms with van der Waals surface area (Å²) in [7, 11) is 1.81. The predicted molar refractivity (Wildman–Crippen MR) is 120 cm³/mol. The van der Waals surface area contributed by atoms with Gasteiger partial charge in [-0.15, -0.1) is 0 Å². The van der Waals surface area contributed by atoms with Crippen LogP contribution >= 0.6 is 11.8 Å². The van der Waals surface area contributed by atoms with E-state index in [2.05, 4.69) is 5.32 Å². The number of hydrogen-bond donors (Lipinski definition) is 1. The van der Waals surface area contributed by atoms with Gasteiger partial charge in [0.05, 0.1) is 21.4 Å². The maximum absolute atomic E-state index is 12.9. The average Bonchev–Trinajstić information content (AvgIpc) is 3.57. The summed E-state index contributed by atoms with van der Waals surface area (Å²) in [4.78, 5) is 32.1. The van der Waals surface area contributed by atoms with Gasteiger partial charge in [-0.05, 0) is 37.5 Å². The Morgan fingerprint density at radius 1 is 1.13 bits per heavy atom. The van der Waals surface area contributed by atoms with Crippen LogP contribution in [0.4, 0.5) is 0 Å². The smallest absolute Gasteiger partial charge is 0.252 e. The van der Waals surface area contributed by atoms with Crippen LogP contribution in [-0.2, 0) is 11.3 Å². The van der Waals surface area contributed by atoms with Crippen molar-refractivity contribution in [3.05, 3.63) is 71.8 Å². The van der Waals surface area contributed by atoms with E-state index in [1.165, 1.54) is 11.8 Å². The molecule has 0 radical (unpaired) electrons. The van der Waals surface area contributed by atoms with Crippen LogP contribution in [-0.4, -0.2) is 40.0 Å². The number of carbonyl (C=O) groups excluding carboxylic acids is 2. The van der Waals surface area contributed by atoms with Crippen LogP contribution in [0, 0.1) is 0 Å². The molecule has 1 aliphatic rings. The molecule has 1 unspecified atom stereocenters. The van der Waals surface area contributed by atoms with Gasteiger partial charge in [0.2, 0.25) is 5.91 Å². The second kappa shape index (κ2) is 8.88. The molecule has 2 aromatic carbocycles. The first-order chi connectivity index (χ1) is 14.5. The summed E-state index contributed by atoms with van der Waals surface area (Å²) in [6, 6.07) is 19.7. The Morgan fingerprint density at radius 2 is 1.83 bits per heavy atom. The van der Waals surface area contributed by atoms with Gasteiger partial charge in [0, 0.05) is 25.0 Å². The summed E-state index contributed by atoms with van der Waals surface area (Å²) in [5.41, 5.74) is 2.47. The van der Waals surface area contributed by atoms with Gasteiger partial charge in [-0.2, -0.15) is 0 Å². The van der Waals surface area contributed by atoms with E-state index in [1.807, 2.05) is 74.6 Å². The number of nitrogens with zero attached hydrogens (tertiary/aromatic N) is 2. The lowest BCUT2D eigenvalue weighted by Gasteiger charge is -2.21. The lowest BCUT2D eigenvalue weighted by atomic mass is 10.1. The van der Waals surface area contributed by atoms with Crippen molar-refractivity contribution < 1.29 is 9.59 Å². The third-order valence-corrected chi connectivity index (χ3v) is 6.14. The highest BCUT2D eigenvalue weighted by Gasteiger charge is 2.26. The van der Waals surface area contributed by atoms with Crippen molar-refractivity contribution in [2.45, 2.75) is 42.6 Å². The number of amides is 2. The van der Waals surface area contributed by atoms with Crippen molar-refractivity contribution in [1.82, 2.24) is 15.2 Å². The first-order valence-electron chi connectivity index (χ1n) is 10.2. The Bertz CT molecular complexity index is 1070. The number of thioether (sulfide) groups is 1. The fourth-order valence-electron chi connectivity index (χ4n) is 3.37. The Morgan fingerprint density at radius 3 is 2.57 bits per heavy atom. The molecule has 1 aliphatic carbocycles. The minimum absolute atomic E-state index is 0.0304. The fourth-order valence-corrected chi connectivity index (χ4v) is 4.35. The van der Waals surface area contributed by atoms with E-state index in [1.54, 1.807) is 4.90 Å². The zero-order valence-electron chi connectivity index (χ0n) is 17.2. The molecule has 0 bridgehead atoms. The number of nitrogens with one attached hydrogen (secondary N) is 1. The molecule has 1 N–H and O–H groups in total. The molecule has 1 atom stereocenters. The molecule has 6 heteroatoms. The molecule has 1 aromatic heterocycles. The van der Waals surface area contributed by atoms with Crippen molar-refractivity contribution in [3.63, 3.8) is 0 Å². The van der Waals surface area contributed by atoms with Crippen LogP contribution in [0.1, 0.15) is 35.7 Å². The Labute approximate surface area is 180 Å². The highest BCUT2D eigenvalue weighted by Crippen LogP contribution is 2.29. The fraction of sp³-hybridized carbons (Fsp3) is 0.292. The quantitative estimate of drug-likeness (QED) is 0.581. The van der Waals surface area contributed by atoms with Gasteiger partial charge >= 0.3 is 0 Å². The highest BCUT2D eigenvalue weighted by atomic mass is 32.2. The lowest BCUT2D eigenvalue weighted by molar-refractivity contribution is -0.129. The first kappa shape index (κ1) is 20.4. The van der Waals surface area contributed by atoms with Crippen LogP contribution in [0.15, 0.2) is 65.7 Å². The first-order valence-corrected chi connectivity index (χ1v) is 11.1. The monoisotopic (exact) mass is 419 g/mol. The largest absolute Gasteiger partial charge is 0.349 e. The topological polar surface area (TPSA) is 62.3 Å². The molecule has 154 valence electrons. The van der Waals surface area contributed by atoms with E-state index in [0.29, 0.717) is 17.1 Å². The summed E-state index contributed by atoms with van der Waals surface area (Å²) in [5, 5.41) is 4.26. The Kier molecular flexibility index (Phi) is 6.04. The lowest BCUT2D eigenvalue weighted by Crippen LogP contribution is -2.32. The summed E-state index contributed by atoms with van der Waals surface area (Å²) >= 11 is 1.39. The van der Waals surface area contributed by atoms with Gasteiger partial charge in [0.15, 0.2) is 0 Å². The van der Waals surface area contributed by atoms with Gasteiger partial charge in [-0.3, -0.25) is 9.59 Å². The molecule has 1 saturated carbocycles. The second-order valence-electron chi connectivity index (χ2n) is 7.71. The number of para-hydroxylation sites is 1. The Hall–Kier alpha value is -2.86. The summed E-state index contributed by atoms with van der Waals surface area (Å²) < 4.78 is 0. The van der Waals surface area contributed by atoms with E-state index in [4.69, 9.17) is 4.98 Å². The molecule has 30 heavy (non-hydrogen) atoms. The zero-order valence-corrected chi connectivity index (χ0v) is 18.0. The minimum Gasteiger partial charge on any atom is -0.349 e. The predicted octanol–water partition coefficient (Wildman–Crippen LogP) is 4.27. The third kappa shape index (κ3) is 4.82. The van der Waals surface area contributed by atoms with Crippen LogP contribution < -0.4 is 5.32 Å². The van der Waals surface area contributed by atoms with E-state index in [-0.39, 0.29) is 23.1 Å². The van der Waals surface area contributed by atoms with Gasteiger partial charge < -0.3 is 10.2 Å². The molecular formula is C24H25N3O2S. The standard InChI is InChI=1S/C24H25N3O2S/c1-16(24(29)27(2)15-17-8-4-3-5-9-17)30-22-14-20(23(28)25-18-12-13-18)19-10-6-7-11-21(19)26-22/h3-11,14,16,18H,12-13,15H2,1-2H3,(H,25,28). The van der Waals surface area contributed by atoms with Crippen LogP contribution in [0.3, 0.4) is 0 Å². The maximum atomic E-state index is 12.9. The normalized spacial score (nSPS) is 14.3. The van der Waals surface area contributed by atoms with E-state index >= 15 is 0 Å². The number of hydrogen-bond acceptors (Lipinski definition) is 4. The average molecular weight is 420 g/mol. The summed E-state index contributed by atoms with van der Waals surface area (Å²) in [6.07, 6.45) is 2.07. The van der Waals surface area contributed by atoms with Crippen molar-refractivity contribution in [3.8, 4) is 0 Å². The molecule has 3 aromatic rings. The van der Waals surface area contributed by atoms with Crippen molar-refractivity contribution >= 4 is 34.5 Å². The molecule has 0 aliphatic heterocycles. The molecule has 5 nitrogen and oxygen atoms in total. The van der Waals surface area contributed by atoms with Crippen molar-refractivity contribution in [2.24, 2.45) is 0 Å². The van der Waals surface area contributed by atoms with Gasteiger partial charge in [0.1, 0.15) is 0 Å². The maximum Gasteiger partial charge on any atom is 0.252 e. The number of benzene rings is 2. The van der Waals surface area contributed by atoms with Crippen LogP contribution in [0.25, 0.3) is 10.9 Å². The SMILES string of the molecule is CC(Sc1cc(C(=O)NC2CC2)c2ccccc2n1)C(=O)N(C)Cc1ccccc1. The zero-order chi connectivity index (χ0) is 21.1. The van der Waals surface area contributed by atoms with Crippen molar-refractivity contribution in [1.29, 1.82) is 0 Å². The van der Waals surface area contributed by atoms with Crippen LogP contribution in [0.2, 0.25) is 0 Å². The number of pyridine rings is 1. The molecular weight excluding hydrogens is 394 g/mol. The van der Waals surface area contributed by atoms with Crippen LogP contribution in [0.5, 0.6) is 0 Å². The minimum atomic E-state index is -0.313. The van der Waals surface area contributed by atoms with E-state index in [9.17, 15) is 9.59 Å². The van der Waals surface area contributed by atoms with Gasteiger partial charge in [-0.1, -0.05) is 60.3 Å². The Balaban J connectivity index is 1.52. The number of carbonyl (C=O) groups is 2.